The lowest BCUT2D eigenvalue weighted by molar-refractivity contribution is -0.151. The predicted molar refractivity (Wildman–Crippen MR) is 83.8 cm³/mol. The van der Waals surface area contributed by atoms with Gasteiger partial charge in [-0.3, -0.25) is 4.79 Å². The SMILES string of the molecule is C=CC(C)(Cc1ccc(C(C)(C)C)cc1)C(=O)OCC. The molecule has 0 amide bonds. The Balaban J connectivity index is 2.91. The van der Waals surface area contributed by atoms with Crippen LogP contribution in [-0.2, 0) is 21.4 Å². The molecule has 0 aromatic heterocycles. The van der Waals surface area contributed by atoms with Crippen LogP contribution in [0.2, 0.25) is 0 Å². The summed E-state index contributed by atoms with van der Waals surface area (Å²) < 4.78 is 5.14. The average molecular weight is 274 g/mol. The number of carbonyl (C=O) groups is 1. The standard InChI is InChI=1S/C18H26O2/c1-7-18(6,16(19)20-8-2)13-14-9-11-15(12-10-14)17(3,4)5/h7,9-12H,1,8,13H2,2-6H3. The number of hydrogen-bond acceptors (Lipinski definition) is 2. The van der Waals surface area contributed by atoms with Gasteiger partial charge in [0.1, 0.15) is 0 Å². The molecule has 110 valence electrons. The van der Waals surface area contributed by atoms with Gasteiger partial charge in [-0.05, 0) is 36.8 Å². The van der Waals surface area contributed by atoms with E-state index in [4.69, 9.17) is 4.74 Å². The summed E-state index contributed by atoms with van der Waals surface area (Å²) in [5, 5.41) is 0. The summed E-state index contributed by atoms with van der Waals surface area (Å²) in [4.78, 5) is 12.0. The minimum absolute atomic E-state index is 0.140. The van der Waals surface area contributed by atoms with Crippen LogP contribution in [0.4, 0.5) is 0 Å². The van der Waals surface area contributed by atoms with Gasteiger partial charge in [-0.15, -0.1) is 6.58 Å². The van der Waals surface area contributed by atoms with Crippen molar-refractivity contribution in [2.24, 2.45) is 5.41 Å². The van der Waals surface area contributed by atoms with E-state index in [1.165, 1.54) is 5.56 Å². The summed E-state index contributed by atoms with van der Waals surface area (Å²) >= 11 is 0. The number of ether oxygens (including phenoxy) is 1. The van der Waals surface area contributed by atoms with E-state index >= 15 is 0 Å². The third-order valence-electron chi connectivity index (χ3n) is 3.58. The van der Waals surface area contributed by atoms with Gasteiger partial charge in [0.25, 0.3) is 0 Å². The molecule has 1 rings (SSSR count). The van der Waals surface area contributed by atoms with Crippen molar-refractivity contribution in [3.05, 3.63) is 48.0 Å². The highest BCUT2D eigenvalue weighted by Gasteiger charge is 2.31. The van der Waals surface area contributed by atoms with Crippen molar-refractivity contribution >= 4 is 5.97 Å². The van der Waals surface area contributed by atoms with Gasteiger partial charge < -0.3 is 4.74 Å². The van der Waals surface area contributed by atoms with E-state index in [0.717, 1.165) is 5.56 Å². The summed E-state index contributed by atoms with van der Waals surface area (Å²) in [6.45, 7) is 14.4. The van der Waals surface area contributed by atoms with E-state index in [9.17, 15) is 4.79 Å². The van der Waals surface area contributed by atoms with Crippen molar-refractivity contribution in [2.45, 2.75) is 46.5 Å². The zero-order valence-electron chi connectivity index (χ0n) is 13.3. The van der Waals surface area contributed by atoms with Gasteiger partial charge in [-0.2, -0.15) is 0 Å². The molecule has 20 heavy (non-hydrogen) atoms. The zero-order chi connectivity index (χ0) is 15.4. The lowest BCUT2D eigenvalue weighted by Gasteiger charge is -2.24. The zero-order valence-corrected chi connectivity index (χ0v) is 13.3. The van der Waals surface area contributed by atoms with Crippen LogP contribution in [0, 0.1) is 5.41 Å². The monoisotopic (exact) mass is 274 g/mol. The molecule has 2 heteroatoms. The van der Waals surface area contributed by atoms with Crippen molar-refractivity contribution in [1.29, 1.82) is 0 Å². The Labute approximate surface area is 122 Å². The fourth-order valence-electron chi connectivity index (χ4n) is 2.07. The van der Waals surface area contributed by atoms with Crippen molar-refractivity contribution < 1.29 is 9.53 Å². The lowest BCUT2D eigenvalue weighted by atomic mass is 9.82. The molecule has 0 aliphatic rings. The van der Waals surface area contributed by atoms with Crippen molar-refractivity contribution in [2.75, 3.05) is 6.61 Å². The Morgan fingerprint density at radius 2 is 1.75 bits per heavy atom. The Morgan fingerprint density at radius 3 is 2.15 bits per heavy atom. The minimum atomic E-state index is -0.667. The smallest absolute Gasteiger partial charge is 0.315 e. The molecule has 1 aromatic rings. The Bertz CT molecular complexity index is 465. The van der Waals surface area contributed by atoms with E-state index in [-0.39, 0.29) is 11.4 Å². The highest BCUT2D eigenvalue weighted by atomic mass is 16.5. The number of esters is 1. The summed E-state index contributed by atoms with van der Waals surface area (Å²) in [7, 11) is 0. The minimum Gasteiger partial charge on any atom is -0.465 e. The number of rotatable bonds is 5. The number of carbonyl (C=O) groups excluding carboxylic acids is 1. The molecule has 1 atom stereocenters. The van der Waals surface area contributed by atoms with Crippen LogP contribution in [0.3, 0.4) is 0 Å². The second kappa shape index (κ2) is 6.25. The van der Waals surface area contributed by atoms with Crippen LogP contribution in [0.1, 0.15) is 45.7 Å². The van der Waals surface area contributed by atoms with Gasteiger partial charge in [0, 0.05) is 0 Å². The van der Waals surface area contributed by atoms with E-state index in [2.05, 4.69) is 51.6 Å². The Kier molecular flexibility index (Phi) is 5.15. The quantitative estimate of drug-likeness (QED) is 0.591. The second-order valence-electron chi connectivity index (χ2n) is 6.47. The molecule has 0 aliphatic carbocycles. The molecule has 0 fully saturated rings. The first kappa shape index (κ1) is 16.5. The molecule has 0 N–H and O–H groups in total. The Morgan fingerprint density at radius 1 is 1.20 bits per heavy atom. The van der Waals surface area contributed by atoms with Gasteiger partial charge in [-0.25, -0.2) is 0 Å². The normalized spacial score (nSPS) is 14.4. The molecule has 0 spiro atoms. The first-order valence-corrected chi connectivity index (χ1v) is 7.13. The first-order valence-electron chi connectivity index (χ1n) is 7.13. The average Bonchev–Trinajstić information content (AvgIpc) is 2.38. The lowest BCUT2D eigenvalue weighted by Crippen LogP contribution is -2.30. The topological polar surface area (TPSA) is 26.3 Å². The van der Waals surface area contributed by atoms with Crippen LogP contribution in [-0.4, -0.2) is 12.6 Å². The fourth-order valence-corrected chi connectivity index (χ4v) is 2.07. The van der Waals surface area contributed by atoms with Crippen LogP contribution in [0.15, 0.2) is 36.9 Å². The van der Waals surface area contributed by atoms with Crippen molar-refractivity contribution in [1.82, 2.24) is 0 Å². The molecular weight excluding hydrogens is 248 g/mol. The molecule has 0 radical (unpaired) electrons. The highest BCUT2D eigenvalue weighted by molar-refractivity contribution is 5.79. The number of hydrogen-bond donors (Lipinski definition) is 0. The fraction of sp³-hybridized carbons (Fsp3) is 0.500. The van der Waals surface area contributed by atoms with Gasteiger partial charge in [-0.1, -0.05) is 51.1 Å². The molecule has 0 saturated heterocycles. The summed E-state index contributed by atoms with van der Waals surface area (Å²) in [6, 6.07) is 8.43. The predicted octanol–water partition coefficient (Wildman–Crippen LogP) is 4.28. The molecule has 0 saturated carbocycles. The van der Waals surface area contributed by atoms with Crippen LogP contribution in [0.25, 0.3) is 0 Å². The van der Waals surface area contributed by atoms with Crippen LogP contribution < -0.4 is 0 Å². The molecule has 0 heterocycles. The molecule has 1 aromatic carbocycles. The van der Waals surface area contributed by atoms with Crippen molar-refractivity contribution in [3.8, 4) is 0 Å². The van der Waals surface area contributed by atoms with E-state index < -0.39 is 5.41 Å². The summed E-state index contributed by atoms with van der Waals surface area (Å²) in [5.74, 6) is -0.213. The van der Waals surface area contributed by atoms with E-state index in [1.54, 1.807) is 6.08 Å². The van der Waals surface area contributed by atoms with E-state index in [0.29, 0.717) is 13.0 Å². The summed E-state index contributed by atoms with van der Waals surface area (Å²) in [6.07, 6.45) is 2.29. The molecule has 1 unspecified atom stereocenters. The highest BCUT2D eigenvalue weighted by Crippen LogP contribution is 2.28. The molecule has 2 nitrogen and oxygen atoms in total. The largest absolute Gasteiger partial charge is 0.465 e. The van der Waals surface area contributed by atoms with Gasteiger partial charge in [0.2, 0.25) is 0 Å². The van der Waals surface area contributed by atoms with Crippen LogP contribution in [0.5, 0.6) is 0 Å². The van der Waals surface area contributed by atoms with E-state index in [1.807, 2.05) is 13.8 Å². The Hall–Kier alpha value is -1.57. The third-order valence-corrected chi connectivity index (χ3v) is 3.58. The van der Waals surface area contributed by atoms with Crippen LogP contribution >= 0.6 is 0 Å². The maximum Gasteiger partial charge on any atom is 0.315 e. The maximum absolute atomic E-state index is 12.0. The van der Waals surface area contributed by atoms with Gasteiger partial charge >= 0.3 is 5.97 Å². The van der Waals surface area contributed by atoms with Gasteiger partial charge in [0.15, 0.2) is 0 Å². The molecular formula is C18H26O2. The maximum atomic E-state index is 12.0. The first-order chi connectivity index (χ1) is 9.23. The second-order valence-corrected chi connectivity index (χ2v) is 6.47. The summed E-state index contributed by atoms with van der Waals surface area (Å²) in [5.41, 5.74) is 1.88. The van der Waals surface area contributed by atoms with Gasteiger partial charge in [0.05, 0.1) is 12.0 Å². The molecule has 0 aliphatic heterocycles. The third kappa shape index (κ3) is 3.96. The number of benzene rings is 1. The molecule has 0 bridgehead atoms. The van der Waals surface area contributed by atoms with Crippen molar-refractivity contribution in [3.63, 3.8) is 0 Å².